The Hall–Kier alpha value is -1.82. The van der Waals surface area contributed by atoms with Gasteiger partial charge in [0.25, 0.3) is 0 Å². The van der Waals surface area contributed by atoms with Gasteiger partial charge in [-0.1, -0.05) is 12.1 Å². The van der Waals surface area contributed by atoms with E-state index in [2.05, 4.69) is 5.10 Å². The van der Waals surface area contributed by atoms with Gasteiger partial charge in [0, 0.05) is 19.2 Å². The zero-order valence-electron chi connectivity index (χ0n) is 10.9. The summed E-state index contributed by atoms with van der Waals surface area (Å²) in [5, 5.41) is 14.1. The quantitative estimate of drug-likeness (QED) is 0.936. The molecule has 20 heavy (non-hydrogen) atoms. The second-order valence-corrected chi connectivity index (χ2v) is 4.55. The summed E-state index contributed by atoms with van der Waals surface area (Å²) in [4.78, 5) is 0. The molecule has 0 aliphatic rings. The van der Waals surface area contributed by atoms with E-state index in [1.807, 2.05) is 6.92 Å². The summed E-state index contributed by atoms with van der Waals surface area (Å²) in [6.07, 6.45) is -1.76. The molecule has 1 aromatic carbocycles. The number of rotatable bonds is 4. The highest BCUT2D eigenvalue weighted by molar-refractivity contribution is 5.28. The van der Waals surface area contributed by atoms with Gasteiger partial charge in [0.1, 0.15) is 0 Å². The highest BCUT2D eigenvalue weighted by atomic mass is 19.4. The van der Waals surface area contributed by atoms with Crippen LogP contribution in [0.2, 0.25) is 0 Å². The van der Waals surface area contributed by atoms with Crippen molar-refractivity contribution in [1.82, 2.24) is 9.78 Å². The Morgan fingerprint density at radius 1 is 1.35 bits per heavy atom. The lowest BCUT2D eigenvalue weighted by Crippen LogP contribution is -2.07. The maximum atomic E-state index is 12.6. The molecule has 0 bridgehead atoms. The molecule has 0 saturated carbocycles. The molecule has 1 heterocycles. The molecule has 2 rings (SSSR count). The second-order valence-electron chi connectivity index (χ2n) is 4.55. The van der Waals surface area contributed by atoms with Gasteiger partial charge in [-0.25, -0.2) is 0 Å². The van der Waals surface area contributed by atoms with Crippen molar-refractivity contribution in [1.29, 1.82) is 0 Å². The van der Waals surface area contributed by atoms with Crippen molar-refractivity contribution in [2.24, 2.45) is 0 Å². The zero-order chi connectivity index (χ0) is 14.8. The van der Waals surface area contributed by atoms with Crippen molar-refractivity contribution in [2.45, 2.75) is 32.2 Å². The summed E-state index contributed by atoms with van der Waals surface area (Å²) in [5.74, 6) is 0. The standard InChI is InChI=1S/C14H15F3N2O/c1-2-19-9-10(8-18-19)6-13(20)11-4-3-5-12(7-11)14(15,16)17/h3-5,7-9,13,20H,2,6H2,1H3. The largest absolute Gasteiger partial charge is 0.416 e. The van der Waals surface area contributed by atoms with Crippen LogP contribution in [0.5, 0.6) is 0 Å². The van der Waals surface area contributed by atoms with Crippen molar-refractivity contribution in [3.8, 4) is 0 Å². The predicted octanol–water partition coefficient (Wildman–Crippen LogP) is 3.20. The van der Waals surface area contributed by atoms with E-state index in [0.717, 1.165) is 17.7 Å². The van der Waals surface area contributed by atoms with Crippen LogP contribution in [0.3, 0.4) is 0 Å². The fourth-order valence-electron chi connectivity index (χ4n) is 1.95. The molecule has 2 aromatic rings. The first-order valence-corrected chi connectivity index (χ1v) is 6.26. The summed E-state index contributed by atoms with van der Waals surface area (Å²) in [6.45, 7) is 2.64. The van der Waals surface area contributed by atoms with Crippen molar-refractivity contribution in [2.75, 3.05) is 0 Å². The molecule has 0 spiro atoms. The normalized spacial score (nSPS) is 13.4. The van der Waals surface area contributed by atoms with E-state index in [0.29, 0.717) is 6.54 Å². The highest BCUT2D eigenvalue weighted by Crippen LogP contribution is 2.31. The van der Waals surface area contributed by atoms with Gasteiger partial charge >= 0.3 is 6.18 Å². The molecule has 1 aromatic heterocycles. The molecule has 0 saturated heterocycles. The SMILES string of the molecule is CCn1cc(CC(O)c2cccc(C(F)(F)F)c2)cn1. The summed E-state index contributed by atoms with van der Waals surface area (Å²) in [7, 11) is 0. The van der Waals surface area contributed by atoms with Gasteiger partial charge in [-0.3, -0.25) is 4.68 Å². The van der Waals surface area contributed by atoms with Crippen LogP contribution in [0.15, 0.2) is 36.7 Å². The van der Waals surface area contributed by atoms with Gasteiger partial charge in [0.15, 0.2) is 0 Å². The van der Waals surface area contributed by atoms with Gasteiger partial charge < -0.3 is 5.11 Å². The van der Waals surface area contributed by atoms with E-state index >= 15 is 0 Å². The van der Waals surface area contributed by atoms with Crippen molar-refractivity contribution < 1.29 is 18.3 Å². The molecule has 0 amide bonds. The fourth-order valence-corrected chi connectivity index (χ4v) is 1.95. The first-order chi connectivity index (χ1) is 9.40. The summed E-state index contributed by atoms with van der Waals surface area (Å²) in [6, 6.07) is 4.77. The summed E-state index contributed by atoms with van der Waals surface area (Å²) in [5.41, 5.74) is 0.291. The van der Waals surface area contributed by atoms with Gasteiger partial charge in [-0.05, 0) is 30.2 Å². The molecule has 0 aliphatic carbocycles. The zero-order valence-corrected chi connectivity index (χ0v) is 10.9. The Bertz CT molecular complexity index is 578. The maximum absolute atomic E-state index is 12.6. The van der Waals surface area contributed by atoms with E-state index in [1.165, 1.54) is 12.1 Å². The topological polar surface area (TPSA) is 38.0 Å². The molecule has 108 valence electrons. The number of aliphatic hydroxyl groups is 1. The summed E-state index contributed by atoms with van der Waals surface area (Å²) >= 11 is 0. The van der Waals surface area contributed by atoms with E-state index in [9.17, 15) is 18.3 Å². The number of hydrogen-bond acceptors (Lipinski definition) is 2. The molecule has 0 aliphatic heterocycles. The van der Waals surface area contributed by atoms with Crippen molar-refractivity contribution in [3.63, 3.8) is 0 Å². The monoisotopic (exact) mass is 284 g/mol. The first kappa shape index (κ1) is 14.6. The third kappa shape index (κ3) is 3.39. The number of aliphatic hydroxyl groups excluding tert-OH is 1. The van der Waals surface area contributed by atoms with Crippen LogP contribution in [0.25, 0.3) is 0 Å². The smallest absolute Gasteiger partial charge is 0.388 e. The number of hydrogen-bond donors (Lipinski definition) is 1. The van der Waals surface area contributed by atoms with Gasteiger partial charge in [-0.15, -0.1) is 0 Å². The number of nitrogens with zero attached hydrogens (tertiary/aromatic N) is 2. The molecule has 1 N–H and O–H groups in total. The molecule has 1 unspecified atom stereocenters. The van der Waals surface area contributed by atoms with Crippen LogP contribution in [0, 0.1) is 0 Å². The molecule has 1 atom stereocenters. The van der Waals surface area contributed by atoms with E-state index in [1.54, 1.807) is 17.1 Å². The van der Waals surface area contributed by atoms with E-state index in [4.69, 9.17) is 0 Å². The van der Waals surface area contributed by atoms with Gasteiger partial charge in [0.05, 0.1) is 17.9 Å². The van der Waals surface area contributed by atoms with Gasteiger partial charge in [0.2, 0.25) is 0 Å². The molecule has 3 nitrogen and oxygen atoms in total. The fraction of sp³-hybridized carbons (Fsp3) is 0.357. The summed E-state index contributed by atoms with van der Waals surface area (Å²) < 4.78 is 39.5. The minimum absolute atomic E-state index is 0.237. The van der Waals surface area contributed by atoms with E-state index in [-0.39, 0.29) is 12.0 Å². The van der Waals surface area contributed by atoms with Crippen LogP contribution in [0.4, 0.5) is 13.2 Å². The first-order valence-electron chi connectivity index (χ1n) is 6.26. The number of alkyl halides is 3. The van der Waals surface area contributed by atoms with Crippen LogP contribution in [-0.4, -0.2) is 14.9 Å². The Morgan fingerprint density at radius 2 is 2.10 bits per heavy atom. The Kier molecular flexibility index (Phi) is 4.13. The average molecular weight is 284 g/mol. The Morgan fingerprint density at radius 3 is 2.70 bits per heavy atom. The van der Waals surface area contributed by atoms with Crippen molar-refractivity contribution >= 4 is 0 Å². The number of aromatic nitrogens is 2. The molecular weight excluding hydrogens is 269 g/mol. The average Bonchev–Trinajstić information content (AvgIpc) is 2.85. The lowest BCUT2D eigenvalue weighted by atomic mass is 10.0. The highest BCUT2D eigenvalue weighted by Gasteiger charge is 2.30. The molecule has 6 heteroatoms. The van der Waals surface area contributed by atoms with Crippen LogP contribution in [-0.2, 0) is 19.1 Å². The Labute approximate surface area is 114 Å². The number of halogens is 3. The Balaban J connectivity index is 2.14. The van der Waals surface area contributed by atoms with E-state index < -0.39 is 17.8 Å². The maximum Gasteiger partial charge on any atom is 0.416 e. The predicted molar refractivity (Wildman–Crippen MR) is 68.0 cm³/mol. The molecule has 0 fully saturated rings. The lowest BCUT2D eigenvalue weighted by Gasteiger charge is -2.13. The molecule has 0 radical (unpaired) electrons. The number of benzene rings is 1. The molecular formula is C14H15F3N2O. The van der Waals surface area contributed by atoms with Crippen LogP contribution < -0.4 is 0 Å². The van der Waals surface area contributed by atoms with Crippen LogP contribution in [0.1, 0.15) is 29.7 Å². The third-order valence-electron chi connectivity index (χ3n) is 3.04. The third-order valence-corrected chi connectivity index (χ3v) is 3.04. The second kappa shape index (κ2) is 5.66. The van der Waals surface area contributed by atoms with Crippen LogP contribution >= 0.6 is 0 Å². The minimum atomic E-state index is -4.40. The van der Waals surface area contributed by atoms with Gasteiger partial charge in [-0.2, -0.15) is 18.3 Å². The lowest BCUT2D eigenvalue weighted by molar-refractivity contribution is -0.137. The minimum Gasteiger partial charge on any atom is -0.388 e. The number of aryl methyl sites for hydroxylation is 1. The van der Waals surface area contributed by atoms with Crippen molar-refractivity contribution in [3.05, 3.63) is 53.3 Å².